The topological polar surface area (TPSA) is 66.4 Å². The van der Waals surface area contributed by atoms with Crippen LogP contribution in [0.2, 0.25) is 0 Å². The Labute approximate surface area is 91.4 Å². The number of carbonyl (C=O) groups excluding carboxylic acids is 2. The van der Waals surface area contributed by atoms with E-state index in [4.69, 9.17) is 0 Å². The van der Waals surface area contributed by atoms with E-state index >= 15 is 0 Å². The number of benzene rings is 1. The summed E-state index contributed by atoms with van der Waals surface area (Å²) < 4.78 is 55.6. The van der Waals surface area contributed by atoms with E-state index in [1.165, 1.54) is 0 Å². The molecule has 0 N–H and O–H groups in total. The van der Waals surface area contributed by atoms with Gasteiger partial charge >= 0.3 is 5.97 Å². The summed E-state index contributed by atoms with van der Waals surface area (Å²) in [6.07, 6.45) is 0. The Hall–Kier alpha value is -2.12. The van der Waals surface area contributed by atoms with Gasteiger partial charge in [-0.25, -0.2) is 22.4 Å². The van der Waals surface area contributed by atoms with Crippen molar-refractivity contribution in [2.45, 2.75) is 0 Å². The molecule has 0 aliphatic heterocycles. The van der Waals surface area contributed by atoms with E-state index in [-0.39, 0.29) is 0 Å². The monoisotopic (exact) mass is 251 g/mol. The molecular weight excluding hydrogens is 248 g/mol. The Balaban J connectivity index is 3.78. The number of halogens is 4. The van der Waals surface area contributed by atoms with E-state index in [0.717, 1.165) is 7.11 Å². The average molecular weight is 251 g/mol. The minimum Gasteiger partial charge on any atom is -0.545 e. The maximum Gasteiger partial charge on any atom is 0.341 e. The minimum atomic E-state index is -2.37. The molecule has 1 aromatic rings. The van der Waals surface area contributed by atoms with Gasteiger partial charge < -0.3 is 14.6 Å². The van der Waals surface area contributed by atoms with E-state index < -0.39 is 46.3 Å². The molecule has 92 valence electrons. The van der Waals surface area contributed by atoms with Gasteiger partial charge in [0, 0.05) is 0 Å². The molecule has 0 unspecified atom stereocenters. The van der Waals surface area contributed by atoms with Crippen molar-refractivity contribution < 1.29 is 37.0 Å². The lowest BCUT2D eigenvalue weighted by Crippen LogP contribution is -2.29. The molecule has 0 amide bonds. The Bertz CT molecular complexity index is 512. The Morgan fingerprint density at radius 2 is 1.35 bits per heavy atom. The molecule has 0 atom stereocenters. The molecule has 0 saturated carbocycles. The first-order valence-corrected chi connectivity index (χ1v) is 3.98. The van der Waals surface area contributed by atoms with Gasteiger partial charge in [0.25, 0.3) is 0 Å². The zero-order valence-electron chi connectivity index (χ0n) is 8.14. The number of hydrogen-bond acceptors (Lipinski definition) is 4. The lowest BCUT2D eigenvalue weighted by Gasteiger charge is -2.12. The summed E-state index contributed by atoms with van der Waals surface area (Å²) in [6.45, 7) is 0. The molecule has 0 spiro atoms. The molecule has 0 fully saturated rings. The number of rotatable bonds is 2. The maximum absolute atomic E-state index is 13.1. The molecule has 0 aliphatic carbocycles. The number of methoxy groups -OCH3 is 1. The van der Waals surface area contributed by atoms with Gasteiger partial charge in [-0.2, -0.15) is 0 Å². The molecule has 0 bridgehead atoms. The van der Waals surface area contributed by atoms with Crippen LogP contribution in [0.15, 0.2) is 0 Å². The largest absolute Gasteiger partial charge is 0.545 e. The third-order valence-corrected chi connectivity index (χ3v) is 1.86. The molecule has 1 rings (SSSR count). The van der Waals surface area contributed by atoms with Crippen molar-refractivity contribution in [3.63, 3.8) is 0 Å². The number of carbonyl (C=O) groups is 2. The fourth-order valence-electron chi connectivity index (χ4n) is 1.12. The fraction of sp³-hybridized carbons (Fsp3) is 0.111. The number of aromatic carboxylic acids is 1. The first-order chi connectivity index (χ1) is 7.82. The molecule has 0 radical (unpaired) electrons. The average Bonchev–Trinajstić information content (AvgIpc) is 2.29. The van der Waals surface area contributed by atoms with Crippen molar-refractivity contribution in [3.8, 4) is 0 Å². The van der Waals surface area contributed by atoms with Crippen molar-refractivity contribution in [1.29, 1.82) is 0 Å². The zero-order chi connectivity index (χ0) is 13.3. The molecule has 17 heavy (non-hydrogen) atoms. The van der Waals surface area contributed by atoms with Crippen LogP contribution in [0.25, 0.3) is 0 Å². The third-order valence-electron chi connectivity index (χ3n) is 1.86. The van der Waals surface area contributed by atoms with Crippen LogP contribution in [-0.2, 0) is 4.74 Å². The SMILES string of the molecule is COC(=O)c1c(F)c(F)c(F)c(F)c1C(=O)[O-]. The highest BCUT2D eigenvalue weighted by Gasteiger charge is 2.30. The second-order valence-electron chi connectivity index (χ2n) is 2.78. The molecule has 1 aromatic carbocycles. The van der Waals surface area contributed by atoms with Crippen LogP contribution in [0.5, 0.6) is 0 Å². The van der Waals surface area contributed by atoms with Gasteiger partial charge in [0.1, 0.15) is 5.56 Å². The highest BCUT2D eigenvalue weighted by atomic mass is 19.2. The van der Waals surface area contributed by atoms with Gasteiger partial charge in [-0.3, -0.25) is 0 Å². The standard InChI is InChI=1S/C9H4F4O4/c1-17-9(16)3-2(8(14)15)4(10)6(12)7(13)5(3)11/h1H3,(H,14,15)/p-1. The van der Waals surface area contributed by atoms with Crippen molar-refractivity contribution >= 4 is 11.9 Å². The quantitative estimate of drug-likeness (QED) is 0.330. The normalized spacial score (nSPS) is 10.2. The molecule has 8 heteroatoms. The van der Waals surface area contributed by atoms with Gasteiger partial charge in [-0.1, -0.05) is 0 Å². The number of esters is 1. The summed E-state index contributed by atoms with van der Waals surface area (Å²) in [4.78, 5) is 21.4. The molecule has 0 saturated heterocycles. The van der Waals surface area contributed by atoms with Crippen molar-refractivity contribution in [3.05, 3.63) is 34.4 Å². The maximum atomic E-state index is 13.1. The summed E-state index contributed by atoms with van der Waals surface area (Å²) >= 11 is 0. The molecular formula is C9H3F4O4-. The summed E-state index contributed by atoms with van der Waals surface area (Å²) in [7, 11) is 0.722. The van der Waals surface area contributed by atoms with Crippen molar-refractivity contribution in [2.75, 3.05) is 7.11 Å². The molecule has 4 nitrogen and oxygen atoms in total. The van der Waals surface area contributed by atoms with Crippen LogP contribution < -0.4 is 5.11 Å². The zero-order valence-corrected chi connectivity index (χ0v) is 8.14. The second kappa shape index (κ2) is 4.40. The predicted molar refractivity (Wildman–Crippen MR) is 41.9 cm³/mol. The van der Waals surface area contributed by atoms with E-state index in [1.807, 2.05) is 0 Å². The number of carboxylic acid groups (broad SMARTS) is 1. The smallest absolute Gasteiger partial charge is 0.341 e. The third kappa shape index (κ3) is 1.93. The number of carboxylic acids is 1. The minimum absolute atomic E-state index is 0.722. The Morgan fingerprint density at radius 3 is 1.71 bits per heavy atom. The summed E-state index contributed by atoms with van der Waals surface area (Å²) in [5.41, 5.74) is -3.29. The highest BCUT2D eigenvalue weighted by Crippen LogP contribution is 2.24. The van der Waals surface area contributed by atoms with Gasteiger partial charge in [-0.05, 0) is 0 Å². The van der Waals surface area contributed by atoms with Gasteiger partial charge in [-0.15, -0.1) is 0 Å². The van der Waals surface area contributed by atoms with Crippen LogP contribution in [0.3, 0.4) is 0 Å². The van der Waals surface area contributed by atoms with Crippen molar-refractivity contribution in [1.82, 2.24) is 0 Å². The predicted octanol–water partition coefficient (Wildman–Crippen LogP) is 0.393. The second-order valence-corrected chi connectivity index (χ2v) is 2.78. The highest BCUT2D eigenvalue weighted by molar-refractivity contribution is 6.02. The van der Waals surface area contributed by atoms with E-state index in [1.54, 1.807) is 0 Å². The van der Waals surface area contributed by atoms with Crippen LogP contribution in [0.1, 0.15) is 20.7 Å². The van der Waals surface area contributed by atoms with E-state index in [0.29, 0.717) is 0 Å². The van der Waals surface area contributed by atoms with Crippen LogP contribution in [0, 0.1) is 23.3 Å². The van der Waals surface area contributed by atoms with Crippen molar-refractivity contribution in [2.24, 2.45) is 0 Å². The molecule has 0 heterocycles. The van der Waals surface area contributed by atoms with Gasteiger partial charge in [0.05, 0.1) is 18.6 Å². The lowest BCUT2D eigenvalue weighted by atomic mass is 10.1. The van der Waals surface area contributed by atoms with Crippen LogP contribution in [0.4, 0.5) is 17.6 Å². The fourth-order valence-corrected chi connectivity index (χ4v) is 1.12. The van der Waals surface area contributed by atoms with Crippen LogP contribution in [-0.4, -0.2) is 19.0 Å². The molecule has 0 aliphatic rings. The Kier molecular flexibility index (Phi) is 3.35. The van der Waals surface area contributed by atoms with Crippen LogP contribution >= 0.6 is 0 Å². The molecule has 0 aromatic heterocycles. The van der Waals surface area contributed by atoms with Gasteiger partial charge in [0.15, 0.2) is 23.3 Å². The lowest BCUT2D eigenvalue weighted by molar-refractivity contribution is -0.255. The van der Waals surface area contributed by atoms with E-state index in [9.17, 15) is 32.3 Å². The first kappa shape index (κ1) is 12.9. The number of ether oxygens (including phenoxy) is 1. The summed E-state index contributed by atoms with van der Waals surface area (Å²) in [5, 5.41) is 10.5. The summed E-state index contributed by atoms with van der Waals surface area (Å²) in [6, 6.07) is 0. The van der Waals surface area contributed by atoms with Gasteiger partial charge in [0.2, 0.25) is 0 Å². The Morgan fingerprint density at radius 1 is 0.941 bits per heavy atom. The first-order valence-electron chi connectivity index (χ1n) is 3.98. The van der Waals surface area contributed by atoms with E-state index in [2.05, 4.69) is 4.74 Å². The summed E-state index contributed by atoms with van der Waals surface area (Å²) in [5.74, 6) is -13.1. The number of hydrogen-bond donors (Lipinski definition) is 0.